The first-order chi connectivity index (χ1) is 39.8. The number of nitrogens with one attached hydrogen (secondary N) is 9. The standard InChI is InChI=1S/C54H85N11O19S/c1-9-27(5)42(63-45(74)31(55)20-21-85-8)51(80)57-32(16-18-38(56)67)46(75)60-37(25-41(72)73)50(79)64-43(28(6)10-2)52(81)61-35(23-30-14-12-11-13-15-30)49(78)65-44(29(7)66)53(82)62-36(24-40(70)71)48(77)59-34(22-26(3)4)47(76)58-33(54(83)84)17-19-39(68)69/h11-15,26-29,31-37,42-44,66H,9-10,16-25,55H2,1-8H3,(H2,56,67)(H,57,80)(H,58,76)(H,59,77)(H,60,75)(H,61,81)(H,62,82)(H,63,74)(H,64,79)(H,65,78)(H,68,69)(H,70,71)(H,72,73)(H,83,84)/t27-,28-,29+,31-,32-,33-,34-,35-,36-,37-,42-,43-,44-/m0/s1. The summed E-state index contributed by atoms with van der Waals surface area (Å²) < 4.78 is 0. The summed E-state index contributed by atoms with van der Waals surface area (Å²) in [5.41, 5.74) is 11.8. The summed E-state index contributed by atoms with van der Waals surface area (Å²) in [4.78, 5) is 184. The van der Waals surface area contributed by atoms with E-state index >= 15 is 0 Å². The fourth-order valence-corrected chi connectivity index (χ4v) is 8.65. The number of amides is 10. The van der Waals surface area contributed by atoms with Gasteiger partial charge in [-0.2, -0.15) is 11.8 Å². The minimum Gasteiger partial charge on any atom is -0.481 e. The van der Waals surface area contributed by atoms with E-state index in [-0.39, 0.29) is 31.6 Å². The Labute approximate surface area is 496 Å². The van der Waals surface area contributed by atoms with Crippen molar-refractivity contribution in [2.75, 3.05) is 12.0 Å². The minimum absolute atomic E-state index is 0.155. The second kappa shape index (κ2) is 38.1. The van der Waals surface area contributed by atoms with Crippen LogP contribution in [0.5, 0.6) is 0 Å². The molecule has 0 heterocycles. The Balaban J connectivity index is 3.64. The van der Waals surface area contributed by atoms with Crippen LogP contribution in [0.25, 0.3) is 0 Å². The van der Waals surface area contributed by atoms with E-state index in [2.05, 4.69) is 47.9 Å². The van der Waals surface area contributed by atoms with Crippen molar-refractivity contribution in [3.63, 3.8) is 0 Å². The molecule has 0 aliphatic heterocycles. The Morgan fingerprint density at radius 1 is 0.482 bits per heavy atom. The van der Waals surface area contributed by atoms with Crippen molar-refractivity contribution in [1.29, 1.82) is 0 Å². The van der Waals surface area contributed by atoms with Gasteiger partial charge >= 0.3 is 23.9 Å². The summed E-state index contributed by atoms with van der Waals surface area (Å²) in [5, 5.41) is 70.4. The molecule has 18 N–H and O–H groups in total. The Kier molecular flexibility index (Phi) is 33.7. The molecule has 1 aromatic carbocycles. The molecule has 1 aromatic rings. The lowest BCUT2D eigenvalue weighted by Crippen LogP contribution is -2.63. The maximum atomic E-state index is 14.4. The van der Waals surface area contributed by atoms with Crippen molar-refractivity contribution >= 4 is 94.7 Å². The van der Waals surface area contributed by atoms with Crippen LogP contribution in [0.4, 0.5) is 0 Å². The predicted octanol–water partition coefficient (Wildman–Crippen LogP) is -2.64. The zero-order valence-corrected chi connectivity index (χ0v) is 49.8. The number of carbonyl (C=O) groups is 14. The third kappa shape index (κ3) is 28.0. The Hall–Kier alpha value is -7.93. The molecule has 10 amide bonds. The van der Waals surface area contributed by atoms with Gasteiger partial charge in [0.15, 0.2) is 0 Å². The van der Waals surface area contributed by atoms with Crippen molar-refractivity contribution < 1.29 is 92.7 Å². The average Bonchev–Trinajstić information content (AvgIpc) is 3.60. The minimum atomic E-state index is -2.01. The number of carboxylic acid groups (broad SMARTS) is 4. The highest BCUT2D eigenvalue weighted by Crippen LogP contribution is 2.15. The number of thioether (sulfide) groups is 1. The molecule has 0 bridgehead atoms. The largest absolute Gasteiger partial charge is 0.481 e. The van der Waals surface area contributed by atoms with Gasteiger partial charge in [-0.25, -0.2) is 4.79 Å². The highest BCUT2D eigenvalue weighted by Gasteiger charge is 2.39. The number of rotatable bonds is 41. The second-order valence-electron chi connectivity index (χ2n) is 21.0. The molecule has 1 rings (SSSR count). The summed E-state index contributed by atoms with van der Waals surface area (Å²) in [7, 11) is 0. The number of hydrogen-bond acceptors (Lipinski definition) is 17. The lowest BCUT2D eigenvalue weighted by molar-refractivity contribution is -0.144. The van der Waals surface area contributed by atoms with Crippen LogP contribution in [0.2, 0.25) is 0 Å². The summed E-state index contributed by atoms with van der Waals surface area (Å²) in [5.74, 6) is -18.0. The normalized spacial score (nSPS) is 15.7. The topological polar surface area (TPSA) is 500 Å². The fraction of sp³-hybridized carbons (Fsp3) is 0.630. The van der Waals surface area contributed by atoms with Gasteiger partial charge in [0.1, 0.15) is 54.4 Å². The van der Waals surface area contributed by atoms with Gasteiger partial charge in [0, 0.05) is 19.3 Å². The zero-order valence-electron chi connectivity index (χ0n) is 49.0. The number of aliphatic hydroxyl groups excluding tert-OH is 1. The SMILES string of the molecule is CC[C@H](C)[C@H](NC(=O)[C@H](CC(=O)O)NC(=O)[C@H](CCC(N)=O)NC(=O)[C@@H](NC(=O)[C@@H](N)CCSC)[C@@H](C)CC)C(=O)N[C@@H](Cc1ccccc1)C(=O)N[C@H](C(=O)N[C@@H](CC(=O)O)C(=O)N[C@@H](CC(C)C)C(=O)N[C@@H](CCC(=O)O)C(=O)O)[C@@H](C)O. The summed E-state index contributed by atoms with van der Waals surface area (Å²) in [6, 6.07) is -8.36. The number of carbonyl (C=O) groups excluding carboxylic acids is 10. The molecular formula is C54H85N11O19S. The van der Waals surface area contributed by atoms with E-state index in [1.54, 1.807) is 65.0 Å². The van der Waals surface area contributed by atoms with Crippen LogP contribution in [0, 0.1) is 17.8 Å². The first-order valence-electron chi connectivity index (χ1n) is 27.6. The van der Waals surface area contributed by atoms with Gasteiger partial charge in [0.05, 0.1) is 25.0 Å². The van der Waals surface area contributed by atoms with E-state index in [1.165, 1.54) is 18.7 Å². The Morgan fingerprint density at radius 3 is 1.34 bits per heavy atom. The lowest BCUT2D eigenvalue weighted by Gasteiger charge is -2.30. The smallest absolute Gasteiger partial charge is 0.326 e. The summed E-state index contributed by atoms with van der Waals surface area (Å²) in [6.45, 7) is 10.9. The Bertz CT molecular complexity index is 2490. The van der Waals surface area contributed by atoms with Crippen molar-refractivity contribution in [3.05, 3.63) is 35.9 Å². The third-order valence-corrected chi connectivity index (χ3v) is 14.1. The molecule has 0 aromatic heterocycles. The van der Waals surface area contributed by atoms with Crippen LogP contribution in [-0.2, 0) is 73.5 Å². The van der Waals surface area contributed by atoms with Gasteiger partial charge in [0.2, 0.25) is 59.1 Å². The third-order valence-electron chi connectivity index (χ3n) is 13.5. The first-order valence-corrected chi connectivity index (χ1v) is 29.0. The van der Waals surface area contributed by atoms with E-state index in [4.69, 9.17) is 16.6 Å². The van der Waals surface area contributed by atoms with Crippen molar-refractivity contribution in [2.45, 2.75) is 186 Å². The predicted molar refractivity (Wildman–Crippen MR) is 306 cm³/mol. The molecule has 476 valence electrons. The van der Waals surface area contributed by atoms with E-state index in [0.29, 0.717) is 17.7 Å². The molecule has 0 saturated heterocycles. The monoisotopic (exact) mass is 1220 g/mol. The maximum Gasteiger partial charge on any atom is 0.326 e. The maximum absolute atomic E-state index is 14.4. The molecule has 31 heteroatoms. The number of hydrogen-bond donors (Lipinski definition) is 16. The number of aliphatic carboxylic acids is 4. The summed E-state index contributed by atoms with van der Waals surface area (Å²) in [6.07, 6.45) is -3.96. The van der Waals surface area contributed by atoms with E-state index in [1.807, 2.05) is 6.26 Å². The number of primary amides is 1. The van der Waals surface area contributed by atoms with Gasteiger partial charge in [-0.15, -0.1) is 0 Å². The van der Waals surface area contributed by atoms with Crippen LogP contribution in [0.15, 0.2) is 30.3 Å². The second-order valence-corrected chi connectivity index (χ2v) is 22.0. The van der Waals surface area contributed by atoms with Gasteiger partial charge in [0.25, 0.3) is 0 Å². The average molecular weight is 1220 g/mol. The molecule has 0 saturated carbocycles. The van der Waals surface area contributed by atoms with Crippen molar-refractivity contribution in [1.82, 2.24) is 47.9 Å². The number of nitrogens with two attached hydrogens (primary N) is 2. The molecule has 0 unspecified atom stereocenters. The number of aliphatic hydroxyl groups is 1. The van der Waals surface area contributed by atoms with E-state index < -0.39 is 200 Å². The number of carboxylic acids is 4. The van der Waals surface area contributed by atoms with Gasteiger partial charge < -0.3 is 84.9 Å². The molecular weight excluding hydrogens is 1140 g/mol. The lowest BCUT2D eigenvalue weighted by atomic mass is 9.96. The van der Waals surface area contributed by atoms with E-state index in [9.17, 15) is 87.5 Å². The van der Waals surface area contributed by atoms with Crippen molar-refractivity contribution in [2.24, 2.45) is 29.2 Å². The van der Waals surface area contributed by atoms with Crippen LogP contribution < -0.4 is 59.3 Å². The number of benzene rings is 1. The Morgan fingerprint density at radius 2 is 0.882 bits per heavy atom. The molecule has 0 spiro atoms. The molecule has 30 nitrogen and oxygen atoms in total. The van der Waals surface area contributed by atoms with E-state index in [0.717, 1.165) is 6.92 Å². The van der Waals surface area contributed by atoms with Crippen LogP contribution >= 0.6 is 11.8 Å². The highest BCUT2D eigenvalue weighted by molar-refractivity contribution is 7.98. The van der Waals surface area contributed by atoms with Gasteiger partial charge in [-0.05, 0) is 67.9 Å². The highest BCUT2D eigenvalue weighted by atomic mass is 32.2. The summed E-state index contributed by atoms with van der Waals surface area (Å²) >= 11 is 1.45. The van der Waals surface area contributed by atoms with Crippen LogP contribution in [0.3, 0.4) is 0 Å². The van der Waals surface area contributed by atoms with Gasteiger partial charge in [-0.1, -0.05) is 84.7 Å². The molecule has 0 radical (unpaired) electrons. The molecule has 13 atom stereocenters. The first kappa shape index (κ1) is 75.1. The fourth-order valence-electron chi connectivity index (χ4n) is 8.16. The van der Waals surface area contributed by atoms with Crippen LogP contribution in [-0.4, -0.2) is 187 Å². The quantitative estimate of drug-likeness (QED) is 0.0319. The molecule has 0 fully saturated rings. The molecule has 0 aliphatic rings. The van der Waals surface area contributed by atoms with Gasteiger partial charge in [-0.3, -0.25) is 62.3 Å². The molecule has 85 heavy (non-hydrogen) atoms. The van der Waals surface area contributed by atoms with Crippen LogP contribution in [0.1, 0.15) is 118 Å². The van der Waals surface area contributed by atoms with Crippen molar-refractivity contribution in [3.8, 4) is 0 Å². The zero-order chi connectivity index (χ0) is 64.8. The molecule has 0 aliphatic carbocycles.